The number of aliphatic carboxylic acids is 1. The van der Waals surface area contributed by atoms with Gasteiger partial charge in [0.25, 0.3) is 0 Å². The van der Waals surface area contributed by atoms with Gasteiger partial charge in [0, 0.05) is 0 Å². The molecule has 0 aliphatic carbocycles. The lowest BCUT2D eigenvalue weighted by molar-refractivity contribution is -0.140. The van der Waals surface area contributed by atoms with Gasteiger partial charge < -0.3 is 9.84 Å². The number of rotatable bonds is 7. The predicted molar refractivity (Wildman–Crippen MR) is 76.6 cm³/mol. The van der Waals surface area contributed by atoms with Crippen molar-refractivity contribution >= 4 is 27.6 Å². The normalized spacial score (nSPS) is 11.0. The molecule has 21 heavy (non-hydrogen) atoms. The van der Waals surface area contributed by atoms with E-state index in [1.165, 1.54) is 12.1 Å². The second-order valence-corrected chi connectivity index (χ2v) is 6.39. The minimum absolute atomic E-state index is 0.243. The van der Waals surface area contributed by atoms with Gasteiger partial charge >= 0.3 is 11.9 Å². The zero-order valence-electron chi connectivity index (χ0n) is 11.8. The number of carboxylic acid groups (broad SMARTS) is 1. The van der Waals surface area contributed by atoms with E-state index in [1.807, 2.05) is 6.92 Å². The van der Waals surface area contributed by atoms with Crippen molar-refractivity contribution in [3.8, 4) is 0 Å². The molecule has 0 atom stereocenters. The monoisotopic (exact) mass is 315 g/mol. The maximum absolute atomic E-state index is 12.2. The van der Waals surface area contributed by atoms with Gasteiger partial charge in [0.05, 0.1) is 25.0 Å². The first-order valence-electron chi connectivity index (χ1n) is 6.12. The van der Waals surface area contributed by atoms with Crippen LogP contribution in [-0.4, -0.2) is 44.9 Å². The number of esters is 1. The Morgan fingerprint density at radius 3 is 2.29 bits per heavy atom. The first kappa shape index (κ1) is 17.0. The van der Waals surface area contributed by atoms with Crippen LogP contribution in [0.5, 0.6) is 0 Å². The second kappa shape index (κ2) is 7.07. The van der Waals surface area contributed by atoms with Crippen LogP contribution in [0.15, 0.2) is 24.3 Å². The molecule has 0 saturated heterocycles. The molecule has 0 spiro atoms. The summed E-state index contributed by atoms with van der Waals surface area (Å²) < 4.78 is 29.6. The molecular formula is C13H17NO6S. The fourth-order valence-corrected chi connectivity index (χ4v) is 3.00. The van der Waals surface area contributed by atoms with Crippen molar-refractivity contribution in [2.24, 2.45) is 0 Å². The summed E-state index contributed by atoms with van der Waals surface area (Å²) in [4.78, 5) is 22.0. The minimum atomic E-state index is -3.94. The molecule has 0 radical (unpaired) electrons. The van der Waals surface area contributed by atoms with Gasteiger partial charge in [-0.25, -0.2) is 8.42 Å². The second-order valence-electron chi connectivity index (χ2n) is 4.38. The number of benzene rings is 1. The van der Waals surface area contributed by atoms with E-state index in [0.717, 1.165) is 17.0 Å². The maximum Gasteiger partial charge on any atom is 0.324 e. The number of sulfonamides is 1. The molecule has 0 unspecified atom stereocenters. The molecule has 0 aliphatic heterocycles. The fourth-order valence-electron chi connectivity index (χ4n) is 1.61. The largest absolute Gasteiger partial charge is 0.480 e. The summed E-state index contributed by atoms with van der Waals surface area (Å²) in [5.74, 6) is -2.46. The van der Waals surface area contributed by atoms with Crippen LogP contribution in [0.1, 0.15) is 12.0 Å². The number of methoxy groups -OCH3 is 1. The van der Waals surface area contributed by atoms with Crippen LogP contribution in [0, 0.1) is 6.92 Å². The van der Waals surface area contributed by atoms with E-state index in [2.05, 4.69) is 4.74 Å². The molecular weight excluding hydrogens is 298 g/mol. The topological polar surface area (TPSA) is 101 Å². The van der Waals surface area contributed by atoms with E-state index >= 15 is 0 Å². The Balaban J connectivity index is 3.03. The lowest BCUT2D eigenvalue weighted by atomic mass is 10.2. The third-order valence-electron chi connectivity index (χ3n) is 2.73. The molecule has 0 bridgehead atoms. The molecule has 7 nitrogen and oxygen atoms in total. The van der Waals surface area contributed by atoms with Crippen LogP contribution in [-0.2, 0) is 24.3 Å². The molecule has 1 aromatic rings. The Morgan fingerprint density at radius 1 is 1.24 bits per heavy atom. The Kier molecular flexibility index (Phi) is 5.71. The van der Waals surface area contributed by atoms with Gasteiger partial charge in [0.15, 0.2) is 0 Å². The van der Waals surface area contributed by atoms with Crippen molar-refractivity contribution in [3.63, 3.8) is 0 Å². The zero-order chi connectivity index (χ0) is 16.0. The van der Waals surface area contributed by atoms with Crippen molar-refractivity contribution in [3.05, 3.63) is 29.8 Å². The molecule has 0 saturated carbocycles. The number of hydrogen-bond acceptors (Lipinski definition) is 5. The molecule has 1 aromatic carbocycles. The van der Waals surface area contributed by atoms with Gasteiger partial charge in [0.2, 0.25) is 10.0 Å². The lowest BCUT2D eigenvalue weighted by Gasteiger charge is -2.22. The molecule has 1 N–H and O–H groups in total. The Morgan fingerprint density at radius 2 is 1.81 bits per heavy atom. The first-order chi connectivity index (χ1) is 9.76. The molecule has 0 heterocycles. The van der Waals surface area contributed by atoms with Gasteiger partial charge in [-0.05, 0) is 19.1 Å². The van der Waals surface area contributed by atoms with E-state index in [0.29, 0.717) is 0 Å². The van der Waals surface area contributed by atoms with E-state index in [4.69, 9.17) is 5.11 Å². The number of carbonyl (C=O) groups excluding carboxylic acids is 1. The van der Waals surface area contributed by atoms with Crippen LogP contribution in [0.2, 0.25) is 0 Å². The van der Waals surface area contributed by atoms with Crippen molar-refractivity contribution in [2.45, 2.75) is 13.3 Å². The van der Waals surface area contributed by atoms with Crippen LogP contribution in [0.25, 0.3) is 0 Å². The summed E-state index contributed by atoms with van der Waals surface area (Å²) in [6.07, 6.45) is -0.333. The van der Waals surface area contributed by atoms with Gasteiger partial charge in [-0.2, -0.15) is 0 Å². The van der Waals surface area contributed by atoms with Crippen LogP contribution < -0.4 is 4.31 Å². The summed E-state index contributed by atoms with van der Waals surface area (Å²) in [6.45, 7) is 1.13. The summed E-state index contributed by atoms with van der Waals surface area (Å²) in [5.41, 5.74) is 1.16. The van der Waals surface area contributed by atoms with Crippen LogP contribution >= 0.6 is 0 Å². The zero-order valence-corrected chi connectivity index (χ0v) is 12.6. The number of hydrogen-bond donors (Lipinski definition) is 1. The van der Waals surface area contributed by atoms with E-state index in [9.17, 15) is 18.0 Å². The Hall–Kier alpha value is -2.09. The van der Waals surface area contributed by atoms with Crippen molar-refractivity contribution in [1.82, 2.24) is 0 Å². The lowest BCUT2D eigenvalue weighted by Crippen LogP contribution is -2.37. The van der Waals surface area contributed by atoms with Crippen molar-refractivity contribution in [2.75, 3.05) is 23.7 Å². The average Bonchev–Trinajstić information content (AvgIpc) is 2.43. The first-order valence-corrected chi connectivity index (χ1v) is 7.73. The van der Waals surface area contributed by atoms with Crippen molar-refractivity contribution < 1.29 is 27.9 Å². The number of ether oxygens (including phenoxy) is 1. The Labute approximate surface area is 123 Å². The Bertz CT molecular complexity index is 608. The van der Waals surface area contributed by atoms with Crippen LogP contribution in [0.3, 0.4) is 0 Å². The van der Waals surface area contributed by atoms with Crippen molar-refractivity contribution in [1.29, 1.82) is 0 Å². The van der Waals surface area contributed by atoms with Gasteiger partial charge in [0.1, 0.15) is 6.54 Å². The predicted octanol–water partition coefficient (Wildman–Crippen LogP) is 0.779. The van der Waals surface area contributed by atoms with Gasteiger partial charge in [-0.15, -0.1) is 0 Å². The number of carboxylic acids is 1. The summed E-state index contributed by atoms with van der Waals surface area (Å²) >= 11 is 0. The fraction of sp³-hybridized carbons (Fsp3) is 0.385. The van der Waals surface area contributed by atoms with E-state index in [1.54, 1.807) is 12.1 Å². The average molecular weight is 315 g/mol. The summed E-state index contributed by atoms with van der Waals surface area (Å²) in [5, 5.41) is 8.89. The highest BCUT2D eigenvalue weighted by Crippen LogP contribution is 2.19. The third-order valence-corrected chi connectivity index (χ3v) is 4.46. The van der Waals surface area contributed by atoms with E-state index < -0.39 is 34.3 Å². The minimum Gasteiger partial charge on any atom is -0.480 e. The number of anilines is 1. The van der Waals surface area contributed by atoms with Gasteiger partial charge in [-0.1, -0.05) is 17.7 Å². The summed E-state index contributed by atoms with van der Waals surface area (Å²) in [6, 6.07) is 6.40. The van der Waals surface area contributed by atoms with E-state index in [-0.39, 0.29) is 12.1 Å². The molecule has 1 rings (SSSR count). The molecule has 0 aliphatic rings. The smallest absolute Gasteiger partial charge is 0.324 e. The number of carbonyl (C=O) groups is 2. The quantitative estimate of drug-likeness (QED) is 0.746. The SMILES string of the molecule is COC(=O)CCS(=O)(=O)N(CC(=O)O)c1ccc(C)cc1. The third kappa shape index (κ3) is 5.07. The van der Waals surface area contributed by atoms with Crippen LogP contribution in [0.4, 0.5) is 5.69 Å². The molecule has 0 aromatic heterocycles. The number of nitrogens with zero attached hydrogens (tertiary/aromatic N) is 1. The molecule has 8 heteroatoms. The van der Waals surface area contributed by atoms with Gasteiger partial charge in [-0.3, -0.25) is 13.9 Å². The number of aryl methyl sites for hydroxylation is 1. The highest BCUT2D eigenvalue weighted by atomic mass is 32.2. The highest BCUT2D eigenvalue weighted by molar-refractivity contribution is 7.92. The standard InChI is InChI=1S/C13H17NO6S/c1-10-3-5-11(6-4-10)14(9-12(15)16)21(18,19)8-7-13(17)20-2/h3-6H,7-9H2,1-2H3,(H,15,16). The maximum atomic E-state index is 12.2. The molecule has 116 valence electrons. The summed E-state index contributed by atoms with van der Waals surface area (Å²) in [7, 11) is -2.78. The molecule has 0 fully saturated rings. The highest BCUT2D eigenvalue weighted by Gasteiger charge is 2.25. The molecule has 0 amide bonds.